The van der Waals surface area contributed by atoms with E-state index in [1.54, 1.807) is 24.3 Å². The summed E-state index contributed by atoms with van der Waals surface area (Å²) >= 11 is 0. The molecule has 2 aliphatic rings. The zero-order chi connectivity index (χ0) is 23.6. The SMILES string of the molecule is Cc1ccc(S(=O)(=O)N2CCC[C@H]2C(=O)N[C@@H](C)[C@H]2CC(=O)N(Cc3ccccc3)C2)cc1. The van der Waals surface area contributed by atoms with Crippen LogP contribution in [0, 0.1) is 12.8 Å². The van der Waals surface area contributed by atoms with Crippen LogP contribution in [0.4, 0.5) is 0 Å². The molecule has 1 N–H and O–H groups in total. The number of hydrogen-bond donors (Lipinski definition) is 1. The Balaban J connectivity index is 1.39. The Kier molecular flexibility index (Phi) is 6.86. The van der Waals surface area contributed by atoms with E-state index in [1.807, 2.05) is 49.1 Å². The first-order valence-corrected chi connectivity index (χ1v) is 12.9. The number of carbonyl (C=O) groups is 2. The number of carbonyl (C=O) groups excluding carboxylic acids is 2. The van der Waals surface area contributed by atoms with Crippen molar-refractivity contribution in [1.29, 1.82) is 0 Å². The maximum atomic E-state index is 13.2. The average molecular weight is 470 g/mol. The molecule has 2 saturated heterocycles. The highest BCUT2D eigenvalue weighted by Gasteiger charge is 2.41. The third-order valence-electron chi connectivity index (χ3n) is 6.67. The number of aryl methyl sites for hydroxylation is 1. The largest absolute Gasteiger partial charge is 0.352 e. The van der Waals surface area contributed by atoms with E-state index in [1.165, 1.54) is 4.31 Å². The fourth-order valence-corrected chi connectivity index (χ4v) is 6.32. The smallest absolute Gasteiger partial charge is 0.243 e. The molecule has 2 heterocycles. The van der Waals surface area contributed by atoms with Gasteiger partial charge >= 0.3 is 0 Å². The molecule has 3 atom stereocenters. The van der Waals surface area contributed by atoms with E-state index in [0.29, 0.717) is 38.9 Å². The molecule has 2 aromatic carbocycles. The molecule has 33 heavy (non-hydrogen) atoms. The van der Waals surface area contributed by atoms with E-state index in [4.69, 9.17) is 0 Å². The van der Waals surface area contributed by atoms with Gasteiger partial charge in [-0.2, -0.15) is 4.31 Å². The highest BCUT2D eigenvalue weighted by atomic mass is 32.2. The summed E-state index contributed by atoms with van der Waals surface area (Å²) in [6.07, 6.45) is 1.52. The number of nitrogens with one attached hydrogen (secondary N) is 1. The Labute approximate surface area is 195 Å². The van der Waals surface area contributed by atoms with Gasteiger partial charge in [-0.1, -0.05) is 48.0 Å². The Morgan fingerprint density at radius 3 is 2.52 bits per heavy atom. The summed E-state index contributed by atoms with van der Waals surface area (Å²) in [5, 5.41) is 3.01. The second-order valence-electron chi connectivity index (χ2n) is 9.11. The summed E-state index contributed by atoms with van der Waals surface area (Å²) in [6, 6.07) is 15.6. The molecule has 4 rings (SSSR count). The first-order valence-electron chi connectivity index (χ1n) is 11.5. The van der Waals surface area contributed by atoms with Crippen LogP contribution < -0.4 is 5.32 Å². The van der Waals surface area contributed by atoms with Gasteiger partial charge in [-0.05, 0) is 44.4 Å². The normalized spacial score (nSPS) is 22.5. The van der Waals surface area contributed by atoms with Gasteiger partial charge in [0.25, 0.3) is 0 Å². The Morgan fingerprint density at radius 2 is 1.82 bits per heavy atom. The summed E-state index contributed by atoms with van der Waals surface area (Å²) in [7, 11) is -3.75. The first kappa shape index (κ1) is 23.4. The van der Waals surface area contributed by atoms with Crippen molar-refractivity contribution in [1.82, 2.24) is 14.5 Å². The monoisotopic (exact) mass is 469 g/mol. The summed E-state index contributed by atoms with van der Waals surface area (Å²) in [4.78, 5) is 27.7. The van der Waals surface area contributed by atoms with E-state index < -0.39 is 16.1 Å². The molecule has 7 nitrogen and oxygen atoms in total. The van der Waals surface area contributed by atoms with Gasteiger partial charge in [0.05, 0.1) is 4.90 Å². The van der Waals surface area contributed by atoms with E-state index in [-0.39, 0.29) is 28.7 Å². The van der Waals surface area contributed by atoms with Crippen molar-refractivity contribution < 1.29 is 18.0 Å². The summed E-state index contributed by atoms with van der Waals surface area (Å²) in [6.45, 7) is 5.26. The van der Waals surface area contributed by atoms with Crippen LogP contribution in [0.5, 0.6) is 0 Å². The van der Waals surface area contributed by atoms with Crippen molar-refractivity contribution in [2.24, 2.45) is 5.92 Å². The second kappa shape index (κ2) is 9.65. The number of benzene rings is 2. The third kappa shape index (κ3) is 5.12. The predicted molar refractivity (Wildman–Crippen MR) is 126 cm³/mol. The van der Waals surface area contributed by atoms with Gasteiger partial charge in [-0.3, -0.25) is 9.59 Å². The van der Waals surface area contributed by atoms with Gasteiger partial charge < -0.3 is 10.2 Å². The molecule has 2 fully saturated rings. The van der Waals surface area contributed by atoms with Crippen molar-refractivity contribution in [3.63, 3.8) is 0 Å². The molecule has 8 heteroatoms. The summed E-state index contributed by atoms with van der Waals surface area (Å²) < 4.78 is 27.6. The van der Waals surface area contributed by atoms with Gasteiger partial charge in [0.1, 0.15) is 6.04 Å². The first-order chi connectivity index (χ1) is 15.8. The number of likely N-dealkylation sites (tertiary alicyclic amines) is 1. The average Bonchev–Trinajstić information content (AvgIpc) is 3.43. The van der Waals surface area contributed by atoms with Crippen molar-refractivity contribution in [3.05, 3.63) is 65.7 Å². The molecule has 2 aliphatic heterocycles. The van der Waals surface area contributed by atoms with E-state index in [2.05, 4.69) is 5.32 Å². The number of sulfonamides is 1. The molecule has 0 bridgehead atoms. The van der Waals surface area contributed by atoms with Crippen LogP contribution in [0.2, 0.25) is 0 Å². The van der Waals surface area contributed by atoms with Gasteiger partial charge in [0.2, 0.25) is 21.8 Å². The molecule has 0 saturated carbocycles. The Hall–Kier alpha value is -2.71. The molecule has 176 valence electrons. The molecular weight excluding hydrogens is 438 g/mol. The van der Waals surface area contributed by atoms with Gasteiger partial charge in [-0.15, -0.1) is 0 Å². The number of nitrogens with zero attached hydrogens (tertiary/aromatic N) is 2. The molecular formula is C25H31N3O4S. The van der Waals surface area contributed by atoms with Crippen LogP contribution in [0.1, 0.15) is 37.3 Å². The van der Waals surface area contributed by atoms with Gasteiger partial charge in [-0.25, -0.2) is 8.42 Å². The second-order valence-corrected chi connectivity index (χ2v) is 11.0. The molecule has 0 radical (unpaired) electrons. The molecule has 0 spiro atoms. The maximum Gasteiger partial charge on any atom is 0.243 e. The number of hydrogen-bond acceptors (Lipinski definition) is 4. The number of rotatable bonds is 7. The van der Waals surface area contributed by atoms with Gasteiger partial charge in [0.15, 0.2) is 0 Å². The van der Waals surface area contributed by atoms with Crippen LogP contribution in [0.25, 0.3) is 0 Å². The predicted octanol–water partition coefficient (Wildman–Crippen LogP) is 2.70. The molecule has 2 aromatic rings. The van der Waals surface area contributed by atoms with Crippen molar-refractivity contribution in [2.45, 2.75) is 56.6 Å². The lowest BCUT2D eigenvalue weighted by Gasteiger charge is -2.27. The third-order valence-corrected chi connectivity index (χ3v) is 8.59. The minimum absolute atomic E-state index is 0.00581. The number of amides is 2. The minimum Gasteiger partial charge on any atom is -0.352 e. The van der Waals surface area contributed by atoms with Crippen LogP contribution in [0.15, 0.2) is 59.5 Å². The van der Waals surface area contributed by atoms with Gasteiger partial charge in [0, 0.05) is 38.0 Å². The lowest BCUT2D eigenvalue weighted by atomic mass is 10.00. The molecule has 0 aromatic heterocycles. The maximum absolute atomic E-state index is 13.2. The Bertz CT molecular complexity index is 1100. The van der Waals surface area contributed by atoms with Crippen LogP contribution >= 0.6 is 0 Å². The highest BCUT2D eigenvalue weighted by Crippen LogP contribution is 2.28. The van der Waals surface area contributed by atoms with E-state index in [0.717, 1.165) is 11.1 Å². The topological polar surface area (TPSA) is 86.8 Å². The van der Waals surface area contributed by atoms with E-state index in [9.17, 15) is 18.0 Å². The molecule has 0 aliphatic carbocycles. The van der Waals surface area contributed by atoms with Crippen LogP contribution in [0.3, 0.4) is 0 Å². The molecule has 2 amide bonds. The zero-order valence-electron chi connectivity index (χ0n) is 19.1. The van der Waals surface area contributed by atoms with Crippen LogP contribution in [-0.2, 0) is 26.2 Å². The summed E-state index contributed by atoms with van der Waals surface area (Å²) in [5.74, 6) is -0.215. The standard InChI is InChI=1S/C25H31N3O4S/c1-18-10-12-22(13-11-18)33(31,32)28-14-6-9-23(28)25(30)26-19(2)21-15-24(29)27(17-21)16-20-7-4-3-5-8-20/h3-5,7-8,10-13,19,21,23H,6,9,14-17H2,1-2H3,(H,26,30)/t19-,21-,23-/m0/s1. The van der Waals surface area contributed by atoms with Crippen molar-refractivity contribution in [3.8, 4) is 0 Å². The van der Waals surface area contributed by atoms with E-state index >= 15 is 0 Å². The fourth-order valence-electron chi connectivity index (χ4n) is 4.67. The lowest BCUT2D eigenvalue weighted by Crippen LogP contribution is -2.50. The van der Waals surface area contributed by atoms with Crippen molar-refractivity contribution >= 4 is 21.8 Å². The highest BCUT2D eigenvalue weighted by molar-refractivity contribution is 7.89. The lowest BCUT2D eigenvalue weighted by molar-refractivity contribution is -0.128. The minimum atomic E-state index is -3.75. The Morgan fingerprint density at radius 1 is 1.12 bits per heavy atom. The fraction of sp³-hybridized carbons (Fsp3) is 0.440. The summed E-state index contributed by atoms with van der Waals surface area (Å²) in [5.41, 5.74) is 2.05. The quantitative estimate of drug-likeness (QED) is 0.676. The molecule has 0 unspecified atom stereocenters. The van der Waals surface area contributed by atoms with Crippen molar-refractivity contribution in [2.75, 3.05) is 13.1 Å². The van der Waals surface area contributed by atoms with Crippen LogP contribution in [-0.4, -0.2) is 54.6 Å². The zero-order valence-corrected chi connectivity index (χ0v) is 19.9.